The molecule has 0 saturated carbocycles. The Morgan fingerprint density at radius 1 is 1.27 bits per heavy atom. The van der Waals surface area contributed by atoms with E-state index in [1.165, 1.54) is 0 Å². The fourth-order valence-electron chi connectivity index (χ4n) is 3.81. The van der Waals surface area contributed by atoms with Gasteiger partial charge in [0.05, 0.1) is 11.3 Å². The number of hydrogen-bond acceptors (Lipinski definition) is 6. The molecule has 2 aliphatic heterocycles. The molecule has 0 radical (unpaired) electrons. The maximum atomic E-state index is 12.9. The Morgan fingerprint density at radius 3 is 2.58 bits per heavy atom. The minimum absolute atomic E-state index is 0.0562. The summed E-state index contributed by atoms with van der Waals surface area (Å²) in [6.45, 7) is 4.57. The highest BCUT2D eigenvalue weighted by molar-refractivity contribution is 5.95. The maximum Gasteiger partial charge on any atom is 0.257 e. The third-order valence-corrected chi connectivity index (χ3v) is 5.58. The van der Waals surface area contributed by atoms with E-state index in [0.717, 1.165) is 19.5 Å². The summed E-state index contributed by atoms with van der Waals surface area (Å²) < 4.78 is 0. The lowest BCUT2D eigenvalue weighted by Crippen LogP contribution is -2.61. The fourth-order valence-corrected chi connectivity index (χ4v) is 3.81. The first kappa shape index (κ1) is 18.6. The van der Waals surface area contributed by atoms with Gasteiger partial charge < -0.3 is 15.1 Å². The van der Waals surface area contributed by atoms with Crippen LogP contribution in [-0.4, -0.2) is 84.4 Å². The molecule has 1 aromatic heterocycles. The molecule has 2 fully saturated rings. The highest BCUT2D eigenvalue weighted by atomic mass is 16.2. The number of anilines is 1. The van der Waals surface area contributed by atoms with E-state index < -0.39 is 5.54 Å². The normalized spacial score (nSPS) is 20.6. The van der Waals surface area contributed by atoms with Gasteiger partial charge in [-0.15, -0.1) is 0 Å². The van der Waals surface area contributed by atoms with Gasteiger partial charge in [0, 0.05) is 46.5 Å². The molecular weight excluding hydrogens is 332 g/mol. The third-order valence-electron chi connectivity index (χ3n) is 5.58. The van der Waals surface area contributed by atoms with Gasteiger partial charge in [0.1, 0.15) is 5.54 Å². The molecule has 3 heterocycles. The lowest BCUT2D eigenvalue weighted by Gasteiger charge is -2.45. The van der Waals surface area contributed by atoms with Crippen molar-refractivity contribution in [3.05, 3.63) is 17.5 Å². The second-order valence-electron chi connectivity index (χ2n) is 7.42. The second-order valence-corrected chi connectivity index (χ2v) is 7.42. The number of aromatic nitrogens is 2. The van der Waals surface area contributed by atoms with E-state index in [9.17, 15) is 9.59 Å². The highest BCUT2D eigenvalue weighted by Crippen LogP contribution is 2.30. The fraction of sp³-hybridized carbons (Fsp3) is 0.667. The molecule has 0 atom stereocenters. The van der Waals surface area contributed by atoms with Gasteiger partial charge in [-0.3, -0.25) is 14.5 Å². The molecule has 8 heteroatoms. The molecule has 3 rings (SSSR count). The molecule has 0 unspecified atom stereocenters. The zero-order valence-electron chi connectivity index (χ0n) is 16.1. The number of hydrogen-bond donors (Lipinski definition) is 1. The van der Waals surface area contributed by atoms with Gasteiger partial charge in [-0.2, -0.15) is 0 Å². The Morgan fingerprint density at radius 2 is 1.96 bits per heavy atom. The van der Waals surface area contributed by atoms with Crippen LogP contribution in [0.2, 0.25) is 0 Å². The minimum atomic E-state index is -0.492. The summed E-state index contributed by atoms with van der Waals surface area (Å²) in [7, 11) is 5.75. The van der Waals surface area contributed by atoms with E-state index >= 15 is 0 Å². The van der Waals surface area contributed by atoms with Crippen LogP contribution in [0.15, 0.2) is 6.20 Å². The highest BCUT2D eigenvalue weighted by Gasteiger charge is 2.46. The van der Waals surface area contributed by atoms with E-state index in [1.807, 2.05) is 37.9 Å². The average Bonchev–Trinajstić information content (AvgIpc) is 2.76. The Labute approximate surface area is 154 Å². The van der Waals surface area contributed by atoms with Crippen LogP contribution in [0, 0.1) is 6.92 Å². The standard InChI is InChI=1S/C18H28N6O2/c1-13-14(12-20-17(21-13)22(2)3)15(25)24-10-6-18(7-11-24)16(26)19-8-5-9-23(18)4/h12H,5-11H2,1-4H3,(H,19,26). The number of aryl methyl sites for hydroxylation is 1. The summed E-state index contributed by atoms with van der Waals surface area (Å²) >= 11 is 0. The van der Waals surface area contributed by atoms with Crippen LogP contribution in [0.1, 0.15) is 35.3 Å². The van der Waals surface area contributed by atoms with E-state index in [0.29, 0.717) is 43.1 Å². The summed E-state index contributed by atoms with van der Waals surface area (Å²) in [4.78, 5) is 40.0. The number of likely N-dealkylation sites (N-methyl/N-ethyl adjacent to an activating group) is 1. The number of carbonyl (C=O) groups is 2. The molecule has 1 aromatic rings. The van der Waals surface area contributed by atoms with Gasteiger partial charge in [-0.05, 0) is 33.2 Å². The van der Waals surface area contributed by atoms with Gasteiger partial charge in [0.15, 0.2) is 0 Å². The van der Waals surface area contributed by atoms with Crippen molar-refractivity contribution >= 4 is 17.8 Å². The number of piperidine rings is 1. The number of nitrogens with zero attached hydrogens (tertiary/aromatic N) is 5. The van der Waals surface area contributed by atoms with Crippen LogP contribution in [0.3, 0.4) is 0 Å². The number of nitrogens with one attached hydrogen (secondary N) is 1. The lowest BCUT2D eigenvalue weighted by molar-refractivity contribution is -0.134. The average molecular weight is 360 g/mol. The molecule has 2 saturated heterocycles. The number of carbonyl (C=O) groups excluding carboxylic acids is 2. The molecule has 0 aliphatic carbocycles. The van der Waals surface area contributed by atoms with E-state index in [-0.39, 0.29) is 11.8 Å². The lowest BCUT2D eigenvalue weighted by atomic mass is 9.85. The van der Waals surface area contributed by atoms with Gasteiger partial charge in [-0.25, -0.2) is 9.97 Å². The van der Waals surface area contributed by atoms with Crippen molar-refractivity contribution in [2.75, 3.05) is 52.2 Å². The Bertz CT molecular complexity index is 697. The van der Waals surface area contributed by atoms with Crippen molar-refractivity contribution < 1.29 is 9.59 Å². The second kappa shape index (κ2) is 7.19. The van der Waals surface area contributed by atoms with E-state index in [1.54, 1.807) is 6.20 Å². The monoisotopic (exact) mass is 360 g/mol. The van der Waals surface area contributed by atoms with Crippen LogP contribution in [-0.2, 0) is 4.79 Å². The zero-order chi connectivity index (χ0) is 18.9. The van der Waals surface area contributed by atoms with Crippen molar-refractivity contribution in [2.24, 2.45) is 0 Å². The number of rotatable bonds is 2. The summed E-state index contributed by atoms with van der Waals surface area (Å²) in [5, 5.41) is 3.03. The summed E-state index contributed by atoms with van der Waals surface area (Å²) in [6.07, 6.45) is 3.86. The summed E-state index contributed by atoms with van der Waals surface area (Å²) in [6, 6.07) is 0. The first-order valence-corrected chi connectivity index (χ1v) is 9.15. The molecule has 26 heavy (non-hydrogen) atoms. The predicted molar refractivity (Wildman–Crippen MR) is 99.2 cm³/mol. The molecule has 2 aliphatic rings. The van der Waals surface area contributed by atoms with Crippen LogP contribution >= 0.6 is 0 Å². The summed E-state index contributed by atoms with van der Waals surface area (Å²) in [5.41, 5.74) is 0.719. The van der Waals surface area contributed by atoms with Gasteiger partial charge in [-0.1, -0.05) is 0 Å². The third kappa shape index (κ3) is 3.25. The van der Waals surface area contributed by atoms with Crippen molar-refractivity contribution in [1.29, 1.82) is 0 Å². The van der Waals surface area contributed by atoms with Crippen LogP contribution in [0.4, 0.5) is 5.95 Å². The van der Waals surface area contributed by atoms with Crippen molar-refractivity contribution in [1.82, 2.24) is 25.1 Å². The molecule has 0 bridgehead atoms. The van der Waals surface area contributed by atoms with Gasteiger partial charge >= 0.3 is 0 Å². The van der Waals surface area contributed by atoms with Crippen LogP contribution < -0.4 is 10.2 Å². The molecule has 1 spiro atoms. The first-order valence-electron chi connectivity index (χ1n) is 9.15. The molecule has 1 N–H and O–H groups in total. The van der Waals surface area contributed by atoms with Crippen LogP contribution in [0.25, 0.3) is 0 Å². The largest absolute Gasteiger partial charge is 0.354 e. The SMILES string of the molecule is Cc1nc(N(C)C)ncc1C(=O)N1CCC2(CC1)C(=O)NCCCN2C. The van der Waals surface area contributed by atoms with Gasteiger partial charge in [0.25, 0.3) is 5.91 Å². The Kier molecular flexibility index (Phi) is 5.13. The van der Waals surface area contributed by atoms with Crippen molar-refractivity contribution in [3.63, 3.8) is 0 Å². The zero-order valence-corrected chi connectivity index (χ0v) is 16.1. The first-order chi connectivity index (χ1) is 12.3. The summed E-state index contributed by atoms with van der Waals surface area (Å²) in [5.74, 6) is 0.632. The predicted octanol–water partition coefficient (Wildman–Crippen LogP) is 0.278. The smallest absolute Gasteiger partial charge is 0.257 e. The van der Waals surface area contributed by atoms with E-state index in [2.05, 4.69) is 20.2 Å². The maximum absolute atomic E-state index is 12.9. The van der Waals surface area contributed by atoms with Crippen molar-refractivity contribution in [2.45, 2.75) is 31.7 Å². The Hall–Kier alpha value is -2.22. The van der Waals surface area contributed by atoms with Gasteiger partial charge in [0.2, 0.25) is 11.9 Å². The number of likely N-dealkylation sites (tertiary alicyclic amines) is 1. The molecular formula is C18H28N6O2. The minimum Gasteiger partial charge on any atom is -0.354 e. The quantitative estimate of drug-likeness (QED) is 0.816. The molecule has 2 amide bonds. The molecule has 0 aromatic carbocycles. The van der Waals surface area contributed by atoms with Crippen molar-refractivity contribution in [3.8, 4) is 0 Å². The number of amides is 2. The molecule has 142 valence electrons. The van der Waals surface area contributed by atoms with Crippen LogP contribution in [0.5, 0.6) is 0 Å². The topological polar surface area (TPSA) is 81.7 Å². The van der Waals surface area contributed by atoms with E-state index in [4.69, 9.17) is 0 Å². The Balaban J connectivity index is 1.73. The molecule has 8 nitrogen and oxygen atoms in total.